The molecule has 1 aromatic heterocycles. The molecule has 0 spiro atoms. The smallest absolute Gasteiger partial charge is 0.0886 e. The Morgan fingerprint density at radius 1 is 0.966 bits per heavy atom. The molecule has 0 saturated carbocycles. The van der Waals surface area contributed by atoms with Crippen LogP contribution in [0, 0.1) is 0 Å². The van der Waals surface area contributed by atoms with Crippen LogP contribution < -0.4 is 5.32 Å². The van der Waals surface area contributed by atoms with Crippen LogP contribution >= 0.6 is 0 Å². The molecule has 1 heterocycles. The Morgan fingerprint density at radius 2 is 1.72 bits per heavy atom. The Kier molecular flexibility index (Phi) is 5.56. The molecule has 5 nitrogen and oxygen atoms in total. The molecule has 0 atom stereocenters. The van der Waals surface area contributed by atoms with Gasteiger partial charge >= 0.3 is 0 Å². The number of ether oxygens (including phenoxy) is 1. The summed E-state index contributed by atoms with van der Waals surface area (Å²) in [5, 5.41) is 27.9. The fraction of sp³-hybridized carbons (Fsp3) is 0.333. The summed E-state index contributed by atoms with van der Waals surface area (Å²) in [6.07, 6.45) is 0. The lowest BCUT2D eigenvalue weighted by molar-refractivity contribution is 0.00752. The van der Waals surface area contributed by atoms with E-state index in [1.54, 1.807) is 0 Å². The van der Waals surface area contributed by atoms with Crippen LogP contribution in [-0.4, -0.2) is 46.7 Å². The van der Waals surface area contributed by atoms with Crippen molar-refractivity contribution in [1.82, 2.24) is 9.88 Å². The first-order valence-electron chi connectivity index (χ1n) is 10.1. The van der Waals surface area contributed by atoms with Crippen LogP contribution in [0.5, 0.6) is 0 Å². The second-order valence-corrected chi connectivity index (χ2v) is 7.68. The normalized spacial score (nSPS) is 12.4. The van der Waals surface area contributed by atoms with Gasteiger partial charge in [0, 0.05) is 42.0 Å². The number of aliphatic hydroxyl groups is 2. The number of hydrogen-bond acceptors (Lipinski definition) is 4. The third-order valence-corrected chi connectivity index (χ3v) is 5.82. The second kappa shape index (κ2) is 8.13. The molecular formula is C24H28N2O3. The third-order valence-electron chi connectivity index (χ3n) is 5.82. The summed E-state index contributed by atoms with van der Waals surface area (Å²) in [4.78, 5) is 0. The van der Waals surface area contributed by atoms with Crippen LogP contribution in [0.4, 0.5) is 0 Å². The van der Waals surface area contributed by atoms with E-state index < -0.39 is 5.54 Å². The molecule has 0 fully saturated rings. The Hall–Kier alpha value is -2.44. The highest BCUT2D eigenvalue weighted by Gasteiger charge is 2.28. The third kappa shape index (κ3) is 3.51. The minimum atomic E-state index is -0.851. The van der Waals surface area contributed by atoms with Crippen LogP contribution in [0.3, 0.4) is 0 Å². The van der Waals surface area contributed by atoms with Gasteiger partial charge in [0.05, 0.1) is 25.4 Å². The fourth-order valence-electron chi connectivity index (χ4n) is 4.03. The van der Waals surface area contributed by atoms with Crippen molar-refractivity contribution in [1.29, 1.82) is 0 Å². The maximum atomic E-state index is 9.81. The van der Waals surface area contributed by atoms with E-state index in [2.05, 4.69) is 71.5 Å². The maximum absolute atomic E-state index is 9.81. The first kappa shape index (κ1) is 19.9. The molecule has 152 valence electrons. The van der Waals surface area contributed by atoms with Gasteiger partial charge in [-0.2, -0.15) is 0 Å². The van der Waals surface area contributed by atoms with Gasteiger partial charge in [0.25, 0.3) is 0 Å². The molecule has 3 N–H and O–H groups in total. The summed E-state index contributed by atoms with van der Waals surface area (Å²) in [6, 6.07) is 19.3. The monoisotopic (exact) mass is 392 g/mol. The molecule has 0 unspecified atom stereocenters. The summed E-state index contributed by atoms with van der Waals surface area (Å²) < 4.78 is 7.69. The van der Waals surface area contributed by atoms with E-state index in [1.807, 2.05) is 6.92 Å². The van der Waals surface area contributed by atoms with Crippen LogP contribution in [0.15, 0.2) is 54.6 Å². The number of aliphatic hydroxyl groups excluding tert-OH is 2. The predicted molar refractivity (Wildman–Crippen MR) is 118 cm³/mol. The lowest BCUT2D eigenvalue weighted by atomic mass is 10.0. The second-order valence-electron chi connectivity index (χ2n) is 7.68. The Labute approximate surface area is 170 Å². The molecular weight excluding hydrogens is 364 g/mol. The fourth-order valence-corrected chi connectivity index (χ4v) is 4.03. The van der Waals surface area contributed by atoms with Gasteiger partial charge in [-0.15, -0.1) is 0 Å². The highest BCUT2D eigenvalue weighted by Crippen LogP contribution is 2.34. The SMILES string of the molecule is CCOCC(CO)(CO)NCc1ccc2c(c1)c1c3ccccc3ccc1n2C. The van der Waals surface area contributed by atoms with Crippen molar-refractivity contribution in [2.45, 2.75) is 19.0 Å². The van der Waals surface area contributed by atoms with Gasteiger partial charge in [-0.05, 0) is 41.5 Å². The van der Waals surface area contributed by atoms with E-state index in [-0.39, 0.29) is 19.8 Å². The quantitative estimate of drug-likeness (QED) is 0.430. The molecule has 0 bridgehead atoms. The first-order chi connectivity index (χ1) is 14.1. The van der Waals surface area contributed by atoms with Crippen molar-refractivity contribution in [3.63, 3.8) is 0 Å². The van der Waals surface area contributed by atoms with Gasteiger partial charge in [-0.1, -0.05) is 36.4 Å². The predicted octanol–water partition coefficient (Wildman–Crippen LogP) is 3.33. The largest absolute Gasteiger partial charge is 0.394 e. The molecule has 0 radical (unpaired) electrons. The number of nitrogens with one attached hydrogen (secondary N) is 1. The molecule has 3 aromatic carbocycles. The summed E-state index contributed by atoms with van der Waals surface area (Å²) in [5.41, 5.74) is 2.64. The zero-order valence-electron chi connectivity index (χ0n) is 17.0. The Bertz CT molecular complexity index is 1150. The number of hydrogen-bond donors (Lipinski definition) is 3. The van der Waals surface area contributed by atoms with E-state index in [0.29, 0.717) is 13.2 Å². The van der Waals surface area contributed by atoms with E-state index >= 15 is 0 Å². The van der Waals surface area contributed by atoms with E-state index in [0.717, 1.165) is 5.56 Å². The molecule has 29 heavy (non-hydrogen) atoms. The van der Waals surface area contributed by atoms with Crippen molar-refractivity contribution < 1.29 is 14.9 Å². The van der Waals surface area contributed by atoms with Gasteiger partial charge in [0.2, 0.25) is 0 Å². The number of fused-ring (bicyclic) bond motifs is 5. The lowest BCUT2D eigenvalue weighted by Gasteiger charge is -2.30. The highest BCUT2D eigenvalue weighted by molar-refractivity contribution is 6.20. The number of rotatable bonds is 8. The van der Waals surface area contributed by atoms with Gasteiger partial charge < -0.3 is 24.8 Å². The zero-order chi connectivity index (χ0) is 20.4. The van der Waals surface area contributed by atoms with E-state index in [1.165, 1.54) is 32.6 Å². The standard InChI is InChI=1S/C24H28N2O3/c1-3-29-16-24(14-27,15-28)25-13-17-8-10-21-20(12-17)23-19-7-5-4-6-18(19)9-11-22(23)26(21)2/h4-12,25,27-28H,3,13-16H2,1-2H3. The van der Waals surface area contributed by atoms with Crippen molar-refractivity contribution in [3.8, 4) is 0 Å². The average Bonchev–Trinajstić information content (AvgIpc) is 3.06. The van der Waals surface area contributed by atoms with E-state index in [4.69, 9.17) is 4.74 Å². The van der Waals surface area contributed by atoms with Crippen molar-refractivity contribution >= 4 is 32.6 Å². The van der Waals surface area contributed by atoms with Gasteiger partial charge in [-0.25, -0.2) is 0 Å². The molecule has 0 aliphatic heterocycles. The minimum absolute atomic E-state index is 0.190. The van der Waals surface area contributed by atoms with Gasteiger partial charge in [0.1, 0.15) is 0 Å². The molecule has 0 aliphatic carbocycles. The van der Waals surface area contributed by atoms with Crippen LogP contribution in [0.25, 0.3) is 32.6 Å². The number of aryl methyl sites for hydroxylation is 1. The number of aromatic nitrogens is 1. The molecule has 0 amide bonds. The van der Waals surface area contributed by atoms with Gasteiger partial charge in [0.15, 0.2) is 0 Å². The molecule has 0 saturated heterocycles. The number of nitrogens with zero attached hydrogens (tertiary/aromatic N) is 1. The summed E-state index contributed by atoms with van der Waals surface area (Å²) in [5.74, 6) is 0. The maximum Gasteiger partial charge on any atom is 0.0886 e. The minimum Gasteiger partial charge on any atom is -0.394 e. The summed E-state index contributed by atoms with van der Waals surface area (Å²) >= 11 is 0. The van der Waals surface area contributed by atoms with Crippen molar-refractivity contribution in [3.05, 3.63) is 60.2 Å². The Balaban J connectivity index is 1.75. The highest BCUT2D eigenvalue weighted by atomic mass is 16.5. The van der Waals surface area contributed by atoms with Crippen LogP contribution in [0.2, 0.25) is 0 Å². The average molecular weight is 392 g/mol. The van der Waals surface area contributed by atoms with Crippen molar-refractivity contribution in [2.75, 3.05) is 26.4 Å². The summed E-state index contributed by atoms with van der Waals surface area (Å²) in [6.45, 7) is 2.86. The first-order valence-corrected chi connectivity index (χ1v) is 10.1. The number of benzene rings is 3. The van der Waals surface area contributed by atoms with Crippen molar-refractivity contribution in [2.24, 2.45) is 7.05 Å². The lowest BCUT2D eigenvalue weighted by Crippen LogP contribution is -2.55. The van der Waals surface area contributed by atoms with Gasteiger partial charge in [-0.3, -0.25) is 0 Å². The van der Waals surface area contributed by atoms with Crippen LogP contribution in [0.1, 0.15) is 12.5 Å². The molecule has 4 aromatic rings. The van der Waals surface area contributed by atoms with E-state index in [9.17, 15) is 10.2 Å². The van der Waals surface area contributed by atoms with Crippen LogP contribution in [-0.2, 0) is 18.3 Å². The molecule has 5 heteroatoms. The topological polar surface area (TPSA) is 66.7 Å². The Morgan fingerprint density at radius 3 is 2.48 bits per heavy atom. The summed E-state index contributed by atoms with van der Waals surface area (Å²) in [7, 11) is 2.10. The molecule has 4 rings (SSSR count). The molecule has 0 aliphatic rings. The zero-order valence-corrected chi connectivity index (χ0v) is 17.0.